The highest BCUT2D eigenvalue weighted by Crippen LogP contribution is 2.30. The first-order valence-corrected chi connectivity index (χ1v) is 10.2. The van der Waals surface area contributed by atoms with Crippen LogP contribution in [0, 0.1) is 11.3 Å². The van der Waals surface area contributed by atoms with E-state index in [9.17, 15) is 14.9 Å². The van der Waals surface area contributed by atoms with Crippen molar-refractivity contribution in [2.45, 2.75) is 18.7 Å². The van der Waals surface area contributed by atoms with Crippen LogP contribution in [0.25, 0.3) is 11.3 Å². The summed E-state index contributed by atoms with van der Waals surface area (Å²) in [5.41, 5.74) is 2.24. The van der Waals surface area contributed by atoms with Crippen LogP contribution in [0.3, 0.4) is 0 Å². The van der Waals surface area contributed by atoms with Crippen molar-refractivity contribution in [2.75, 3.05) is 17.9 Å². The third-order valence-electron chi connectivity index (χ3n) is 4.91. The Kier molecular flexibility index (Phi) is 5.29. The molecule has 1 aliphatic rings. The molecule has 3 aromatic rings. The number of Topliss-reactive ketones (excluding diaryl/α,β-unsaturated/α-hetero) is 1. The van der Waals surface area contributed by atoms with Gasteiger partial charge in [0.15, 0.2) is 10.9 Å². The van der Waals surface area contributed by atoms with Crippen molar-refractivity contribution in [3.63, 3.8) is 0 Å². The van der Waals surface area contributed by atoms with Gasteiger partial charge in [0.1, 0.15) is 24.1 Å². The fourth-order valence-corrected chi connectivity index (χ4v) is 4.19. The van der Waals surface area contributed by atoms with E-state index in [4.69, 9.17) is 4.74 Å². The number of nitrogens with zero attached hydrogens (tertiary/aromatic N) is 4. The number of carbonyl (C=O) groups excluding carboxylic acids is 1. The van der Waals surface area contributed by atoms with E-state index in [1.165, 1.54) is 23.3 Å². The van der Waals surface area contributed by atoms with Crippen LogP contribution in [0.2, 0.25) is 0 Å². The number of nitriles is 1. The highest BCUT2D eigenvalue weighted by atomic mass is 32.2. The summed E-state index contributed by atoms with van der Waals surface area (Å²) in [5, 5.41) is 10.2. The Morgan fingerprint density at radius 3 is 2.47 bits per heavy atom. The lowest BCUT2D eigenvalue weighted by Crippen LogP contribution is -2.38. The van der Waals surface area contributed by atoms with Crippen LogP contribution >= 0.6 is 11.8 Å². The van der Waals surface area contributed by atoms with Gasteiger partial charge in [-0.25, -0.2) is 4.98 Å². The van der Waals surface area contributed by atoms with Crippen molar-refractivity contribution < 1.29 is 9.53 Å². The van der Waals surface area contributed by atoms with Crippen LogP contribution in [0.4, 0.5) is 5.69 Å². The maximum atomic E-state index is 13.1. The van der Waals surface area contributed by atoms with Crippen molar-refractivity contribution in [2.24, 2.45) is 0 Å². The molecule has 4 rings (SSSR count). The van der Waals surface area contributed by atoms with Gasteiger partial charge in [-0.3, -0.25) is 14.2 Å². The van der Waals surface area contributed by atoms with E-state index in [1.807, 2.05) is 23.1 Å². The molecule has 0 amide bonds. The normalized spacial score (nSPS) is 12.8. The Hall–Kier alpha value is -3.57. The van der Waals surface area contributed by atoms with Crippen molar-refractivity contribution in [1.29, 1.82) is 5.26 Å². The zero-order valence-electron chi connectivity index (χ0n) is 16.5. The van der Waals surface area contributed by atoms with Crippen molar-refractivity contribution in [3.8, 4) is 23.1 Å². The Morgan fingerprint density at radius 1 is 1.17 bits per heavy atom. The van der Waals surface area contributed by atoms with E-state index >= 15 is 0 Å². The van der Waals surface area contributed by atoms with Gasteiger partial charge in [0.2, 0.25) is 0 Å². The fourth-order valence-electron chi connectivity index (χ4n) is 3.24. The number of benzene rings is 2. The van der Waals surface area contributed by atoms with Gasteiger partial charge in [-0.1, -0.05) is 11.8 Å². The number of hydrogen-bond acceptors (Lipinski definition) is 7. The van der Waals surface area contributed by atoms with Crippen LogP contribution in [-0.2, 0) is 6.67 Å². The first-order chi connectivity index (χ1) is 14.5. The molecule has 2 heterocycles. The molecular formula is C22H18N4O3S. The van der Waals surface area contributed by atoms with Crippen LogP contribution in [0.15, 0.2) is 58.5 Å². The molecule has 2 aromatic carbocycles. The van der Waals surface area contributed by atoms with E-state index in [0.717, 1.165) is 5.69 Å². The lowest BCUT2D eigenvalue weighted by molar-refractivity contribution is 0.101. The van der Waals surface area contributed by atoms with Gasteiger partial charge in [0.25, 0.3) is 5.56 Å². The predicted molar refractivity (Wildman–Crippen MR) is 115 cm³/mol. The number of anilines is 1. The number of aromatic nitrogens is 2. The average Bonchev–Trinajstić information content (AvgIpc) is 2.79. The molecule has 0 N–H and O–H groups in total. The lowest BCUT2D eigenvalue weighted by Gasteiger charge is -2.31. The summed E-state index contributed by atoms with van der Waals surface area (Å²) >= 11 is 1.43. The number of fused-ring (bicyclic) bond motifs is 1. The van der Waals surface area contributed by atoms with E-state index in [1.54, 1.807) is 43.5 Å². The molecule has 0 radical (unpaired) electrons. The number of ketones is 1. The van der Waals surface area contributed by atoms with E-state index < -0.39 is 0 Å². The molecule has 0 atom stereocenters. The zero-order valence-corrected chi connectivity index (χ0v) is 17.3. The first kappa shape index (κ1) is 19.7. The maximum Gasteiger partial charge on any atom is 0.274 e. The van der Waals surface area contributed by atoms with Crippen LogP contribution in [0.5, 0.6) is 5.75 Å². The summed E-state index contributed by atoms with van der Waals surface area (Å²) < 4.78 is 6.68. The Bertz CT molecular complexity index is 1210. The summed E-state index contributed by atoms with van der Waals surface area (Å²) in [5.74, 6) is 1.29. The first-order valence-electron chi connectivity index (χ1n) is 9.20. The Balaban J connectivity index is 1.70. The predicted octanol–water partition coefficient (Wildman–Crippen LogP) is 3.52. The van der Waals surface area contributed by atoms with Gasteiger partial charge in [0.05, 0.1) is 18.7 Å². The fraction of sp³-hybridized carbons (Fsp3) is 0.182. The Labute approximate surface area is 177 Å². The quantitative estimate of drug-likeness (QED) is 0.473. The van der Waals surface area contributed by atoms with E-state index in [0.29, 0.717) is 33.6 Å². The molecule has 0 saturated heterocycles. The molecule has 150 valence electrons. The number of rotatable bonds is 4. The van der Waals surface area contributed by atoms with E-state index in [2.05, 4.69) is 4.98 Å². The molecule has 0 unspecified atom stereocenters. The SMILES string of the molecule is COc1ccc(-c2nc3n(c(=O)c2C#N)CN(c2ccc(C(C)=O)cc2)CS3)cc1. The number of hydrogen-bond donors (Lipinski definition) is 0. The highest BCUT2D eigenvalue weighted by Gasteiger charge is 2.24. The summed E-state index contributed by atoms with van der Waals surface area (Å²) in [4.78, 5) is 31.2. The van der Waals surface area contributed by atoms with Gasteiger partial charge >= 0.3 is 0 Å². The van der Waals surface area contributed by atoms with Gasteiger partial charge in [-0.15, -0.1) is 0 Å². The molecule has 1 aromatic heterocycles. The second-order valence-corrected chi connectivity index (χ2v) is 7.66. The molecule has 0 aliphatic carbocycles. The second kappa shape index (κ2) is 8.05. The highest BCUT2D eigenvalue weighted by molar-refractivity contribution is 7.99. The van der Waals surface area contributed by atoms with Crippen molar-refractivity contribution in [3.05, 3.63) is 70.0 Å². The van der Waals surface area contributed by atoms with E-state index in [-0.39, 0.29) is 23.6 Å². The minimum absolute atomic E-state index is 0.00468. The molecule has 0 saturated carbocycles. The van der Waals surface area contributed by atoms with Crippen molar-refractivity contribution in [1.82, 2.24) is 9.55 Å². The van der Waals surface area contributed by atoms with Crippen LogP contribution < -0.4 is 15.2 Å². The molecular weight excluding hydrogens is 400 g/mol. The third-order valence-corrected chi connectivity index (χ3v) is 5.92. The maximum absolute atomic E-state index is 13.1. The van der Waals surface area contributed by atoms with Crippen molar-refractivity contribution >= 4 is 23.2 Å². The molecule has 30 heavy (non-hydrogen) atoms. The number of ether oxygens (including phenoxy) is 1. The molecule has 0 spiro atoms. The summed E-state index contributed by atoms with van der Waals surface area (Å²) in [7, 11) is 1.58. The number of carbonyl (C=O) groups is 1. The van der Waals surface area contributed by atoms with Gasteiger partial charge in [0, 0.05) is 16.8 Å². The average molecular weight is 418 g/mol. The standard InChI is InChI=1S/C22H18N4O3S/c1-14(27)15-3-7-17(8-4-15)25-12-26-21(28)19(11-23)20(24-22(26)30-13-25)16-5-9-18(29-2)10-6-16/h3-10H,12-13H2,1-2H3. The zero-order chi connectivity index (χ0) is 21.3. The molecule has 0 bridgehead atoms. The summed E-state index contributed by atoms with van der Waals surface area (Å²) in [6.07, 6.45) is 0. The monoisotopic (exact) mass is 418 g/mol. The number of methoxy groups -OCH3 is 1. The van der Waals surface area contributed by atoms with Crippen LogP contribution in [-0.4, -0.2) is 28.3 Å². The molecule has 0 fully saturated rings. The minimum atomic E-state index is -0.370. The van der Waals surface area contributed by atoms with Gasteiger partial charge in [-0.05, 0) is 55.5 Å². The summed E-state index contributed by atoms with van der Waals surface area (Å²) in [6, 6.07) is 16.4. The largest absolute Gasteiger partial charge is 0.497 e. The Morgan fingerprint density at radius 2 is 1.87 bits per heavy atom. The van der Waals surface area contributed by atoms with Crippen LogP contribution in [0.1, 0.15) is 22.8 Å². The van der Waals surface area contributed by atoms with Gasteiger partial charge < -0.3 is 9.64 Å². The topological polar surface area (TPSA) is 88.2 Å². The molecule has 7 nitrogen and oxygen atoms in total. The second-order valence-electron chi connectivity index (χ2n) is 6.75. The smallest absolute Gasteiger partial charge is 0.274 e. The van der Waals surface area contributed by atoms with Gasteiger partial charge in [-0.2, -0.15) is 5.26 Å². The molecule has 8 heteroatoms. The number of thioether (sulfide) groups is 1. The minimum Gasteiger partial charge on any atom is -0.497 e. The molecule has 1 aliphatic heterocycles. The third kappa shape index (κ3) is 3.55. The summed E-state index contributed by atoms with van der Waals surface area (Å²) in [6.45, 7) is 1.81. The lowest BCUT2D eigenvalue weighted by atomic mass is 10.1.